The summed E-state index contributed by atoms with van der Waals surface area (Å²) in [7, 11) is 0. The van der Waals surface area contributed by atoms with Gasteiger partial charge in [-0.1, -0.05) is 18.2 Å². The summed E-state index contributed by atoms with van der Waals surface area (Å²) in [5.74, 6) is -1.54. The van der Waals surface area contributed by atoms with Gasteiger partial charge in [0.1, 0.15) is 12.6 Å². The number of hydrogen-bond acceptors (Lipinski definition) is 5. The topological polar surface area (TPSA) is 125 Å². The number of carbonyl (C=O) groups is 3. The lowest BCUT2D eigenvalue weighted by atomic mass is 10.0. The van der Waals surface area contributed by atoms with Crippen LogP contribution in [0.1, 0.15) is 5.56 Å². The van der Waals surface area contributed by atoms with E-state index in [1.165, 1.54) is 11.1 Å². The first kappa shape index (κ1) is 18.5. The van der Waals surface area contributed by atoms with E-state index in [1.54, 1.807) is 18.3 Å². The summed E-state index contributed by atoms with van der Waals surface area (Å²) in [5, 5.41) is 13.0. The van der Waals surface area contributed by atoms with E-state index in [1.807, 2.05) is 24.3 Å². The Hall–Kier alpha value is -3.88. The molecule has 1 aliphatic rings. The fourth-order valence-electron chi connectivity index (χ4n) is 3.30. The van der Waals surface area contributed by atoms with Crippen LogP contribution in [0, 0.1) is 0 Å². The van der Waals surface area contributed by atoms with Gasteiger partial charge in [-0.3, -0.25) is 14.5 Å². The third kappa shape index (κ3) is 3.75. The minimum absolute atomic E-state index is 0.108. The Balaban J connectivity index is 1.48. The number of rotatable bonds is 6. The molecule has 1 atom stereocenters. The summed E-state index contributed by atoms with van der Waals surface area (Å²) in [6, 6.07) is 9.69. The van der Waals surface area contributed by atoms with Crippen molar-refractivity contribution in [3.8, 4) is 5.75 Å². The van der Waals surface area contributed by atoms with Crippen LogP contribution in [-0.4, -0.2) is 52.1 Å². The highest BCUT2D eigenvalue weighted by Crippen LogP contribution is 2.28. The Bertz CT molecular complexity index is 1090. The van der Waals surface area contributed by atoms with Crippen molar-refractivity contribution in [2.24, 2.45) is 0 Å². The van der Waals surface area contributed by atoms with E-state index in [0.717, 1.165) is 16.5 Å². The predicted octanol–water partition coefficient (Wildman–Crippen LogP) is 1.10. The molecule has 3 N–H and O–H groups in total. The first-order valence-corrected chi connectivity index (χ1v) is 8.98. The fraction of sp³-hybridized carbons (Fsp3) is 0.200. The smallest absolute Gasteiger partial charge is 0.326 e. The third-order valence-electron chi connectivity index (χ3n) is 4.69. The molecule has 1 aromatic carbocycles. The molecule has 0 spiro atoms. The second-order valence-electron chi connectivity index (χ2n) is 6.62. The molecule has 0 aliphatic carbocycles. The van der Waals surface area contributed by atoms with Gasteiger partial charge >= 0.3 is 5.97 Å². The van der Waals surface area contributed by atoms with Gasteiger partial charge in [0, 0.05) is 29.7 Å². The molecule has 1 unspecified atom stereocenters. The number of H-pyrrole nitrogens is 1. The number of ether oxygens (including phenoxy) is 1. The normalized spacial score (nSPS) is 14.2. The van der Waals surface area contributed by atoms with Gasteiger partial charge in [0.25, 0.3) is 5.91 Å². The number of para-hydroxylation sites is 1. The quantitative estimate of drug-likeness (QED) is 0.575. The van der Waals surface area contributed by atoms with E-state index in [-0.39, 0.29) is 25.4 Å². The molecule has 0 fully saturated rings. The Morgan fingerprint density at radius 3 is 2.93 bits per heavy atom. The number of aromatic nitrogens is 2. The van der Waals surface area contributed by atoms with Crippen molar-refractivity contribution in [1.82, 2.24) is 15.3 Å². The average Bonchev–Trinajstić information content (AvgIpc) is 3.12. The minimum atomic E-state index is -1.16. The maximum Gasteiger partial charge on any atom is 0.326 e. The SMILES string of the molecule is O=C(CN1C(=O)COc2cccnc21)NC(Cc1c[nH]c2ccccc12)C(=O)O. The molecular weight excluding hydrogens is 376 g/mol. The Morgan fingerprint density at radius 1 is 1.28 bits per heavy atom. The number of carboxylic acids is 1. The molecule has 0 radical (unpaired) electrons. The van der Waals surface area contributed by atoms with Crippen molar-refractivity contribution in [1.29, 1.82) is 0 Å². The highest BCUT2D eigenvalue weighted by atomic mass is 16.5. The first-order chi connectivity index (χ1) is 14.0. The lowest BCUT2D eigenvalue weighted by Gasteiger charge is -2.27. The monoisotopic (exact) mass is 394 g/mol. The number of aromatic amines is 1. The van der Waals surface area contributed by atoms with E-state index >= 15 is 0 Å². The fourth-order valence-corrected chi connectivity index (χ4v) is 3.30. The van der Waals surface area contributed by atoms with Crippen LogP contribution in [0.2, 0.25) is 0 Å². The van der Waals surface area contributed by atoms with Crippen LogP contribution in [0.4, 0.5) is 5.82 Å². The number of fused-ring (bicyclic) bond motifs is 2. The number of nitrogens with zero attached hydrogens (tertiary/aromatic N) is 2. The van der Waals surface area contributed by atoms with Crippen LogP contribution in [-0.2, 0) is 20.8 Å². The third-order valence-corrected chi connectivity index (χ3v) is 4.69. The van der Waals surface area contributed by atoms with Crippen LogP contribution in [0.15, 0.2) is 48.8 Å². The van der Waals surface area contributed by atoms with Crippen molar-refractivity contribution >= 4 is 34.5 Å². The molecule has 4 rings (SSSR count). The number of benzene rings is 1. The van der Waals surface area contributed by atoms with Crippen molar-refractivity contribution < 1.29 is 24.2 Å². The van der Waals surface area contributed by atoms with Crippen molar-refractivity contribution in [2.75, 3.05) is 18.1 Å². The standard InChI is InChI=1S/C20H18N4O5/c25-17(10-24-18(26)11-29-16-6-3-7-21-19(16)24)23-15(20(27)28)8-12-9-22-14-5-2-1-4-13(12)14/h1-7,9,15,22H,8,10-11H2,(H,23,25)(H,27,28). The molecule has 0 saturated carbocycles. The molecular formula is C20H18N4O5. The van der Waals surface area contributed by atoms with Gasteiger partial charge < -0.3 is 20.1 Å². The Morgan fingerprint density at radius 2 is 2.10 bits per heavy atom. The molecule has 9 nitrogen and oxygen atoms in total. The van der Waals surface area contributed by atoms with Crippen LogP contribution in [0.3, 0.4) is 0 Å². The molecule has 1 aliphatic heterocycles. The molecule has 9 heteroatoms. The van der Waals surface area contributed by atoms with E-state index < -0.39 is 23.8 Å². The van der Waals surface area contributed by atoms with Gasteiger partial charge in [-0.15, -0.1) is 0 Å². The van der Waals surface area contributed by atoms with E-state index in [0.29, 0.717) is 5.75 Å². The zero-order chi connectivity index (χ0) is 20.4. The van der Waals surface area contributed by atoms with E-state index in [4.69, 9.17) is 4.74 Å². The molecule has 2 aromatic heterocycles. The van der Waals surface area contributed by atoms with E-state index in [2.05, 4.69) is 15.3 Å². The van der Waals surface area contributed by atoms with Crippen LogP contribution in [0.5, 0.6) is 5.75 Å². The summed E-state index contributed by atoms with van der Waals surface area (Å²) < 4.78 is 5.29. The Kier molecular flexibility index (Phi) is 4.86. The molecule has 3 aromatic rings. The highest BCUT2D eigenvalue weighted by Gasteiger charge is 2.30. The van der Waals surface area contributed by atoms with Crippen LogP contribution < -0.4 is 15.0 Å². The summed E-state index contributed by atoms with van der Waals surface area (Å²) in [6.07, 6.45) is 3.33. The number of carbonyl (C=O) groups excluding carboxylic acids is 2. The summed E-state index contributed by atoms with van der Waals surface area (Å²) in [4.78, 5) is 44.8. The van der Waals surface area contributed by atoms with Gasteiger partial charge in [-0.25, -0.2) is 9.78 Å². The zero-order valence-electron chi connectivity index (χ0n) is 15.3. The van der Waals surface area contributed by atoms with Gasteiger partial charge in [-0.2, -0.15) is 0 Å². The number of hydrogen-bond donors (Lipinski definition) is 3. The molecule has 29 heavy (non-hydrogen) atoms. The van der Waals surface area contributed by atoms with E-state index in [9.17, 15) is 19.5 Å². The van der Waals surface area contributed by atoms with Crippen LogP contribution >= 0.6 is 0 Å². The summed E-state index contributed by atoms with van der Waals surface area (Å²) in [5.41, 5.74) is 1.67. The largest absolute Gasteiger partial charge is 0.480 e. The van der Waals surface area contributed by atoms with Crippen molar-refractivity contribution in [3.05, 3.63) is 54.4 Å². The molecule has 2 amide bonds. The second-order valence-corrected chi connectivity index (χ2v) is 6.62. The predicted molar refractivity (Wildman–Crippen MR) is 104 cm³/mol. The van der Waals surface area contributed by atoms with Crippen molar-refractivity contribution in [3.63, 3.8) is 0 Å². The molecule has 148 valence electrons. The van der Waals surface area contributed by atoms with Crippen LogP contribution in [0.25, 0.3) is 10.9 Å². The van der Waals surface area contributed by atoms with Crippen molar-refractivity contribution in [2.45, 2.75) is 12.5 Å². The van der Waals surface area contributed by atoms with Gasteiger partial charge in [0.2, 0.25) is 5.91 Å². The number of anilines is 1. The maximum atomic E-state index is 12.5. The number of aliphatic carboxylic acids is 1. The molecule has 0 saturated heterocycles. The minimum Gasteiger partial charge on any atom is -0.480 e. The van der Waals surface area contributed by atoms with Gasteiger partial charge in [-0.05, 0) is 23.8 Å². The molecule has 3 heterocycles. The van der Waals surface area contributed by atoms with Gasteiger partial charge in [0.05, 0.1) is 0 Å². The first-order valence-electron chi connectivity index (χ1n) is 8.98. The van der Waals surface area contributed by atoms with Gasteiger partial charge in [0.15, 0.2) is 18.2 Å². The summed E-state index contributed by atoms with van der Waals surface area (Å²) in [6.45, 7) is -0.548. The molecule has 0 bridgehead atoms. The number of carboxylic acid groups (broad SMARTS) is 1. The number of nitrogens with one attached hydrogen (secondary N) is 2. The lowest BCUT2D eigenvalue weighted by Crippen LogP contribution is -2.50. The lowest BCUT2D eigenvalue weighted by molar-refractivity contribution is -0.141. The Labute approximate surface area is 165 Å². The second kappa shape index (κ2) is 7.63. The maximum absolute atomic E-state index is 12.5. The number of pyridine rings is 1. The zero-order valence-corrected chi connectivity index (χ0v) is 15.3. The summed E-state index contributed by atoms with van der Waals surface area (Å²) >= 11 is 0. The average molecular weight is 394 g/mol. The number of amides is 2. The highest BCUT2D eigenvalue weighted by molar-refractivity contribution is 6.01.